The van der Waals surface area contributed by atoms with Crippen molar-refractivity contribution >= 4 is 23.7 Å². The van der Waals surface area contributed by atoms with Gasteiger partial charge in [-0.1, -0.05) is 93.6 Å². The summed E-state index contributed by atoms with van der Waals surface area (Å²) in [6.45, 7) is 11.4. The second kappa shape index (κ2) is 10.4. The van der Waals surface area contributed by atoms with Crippen LogP contribution in [0.3, 0.4) is 0 Å². The van der Waals surface area contributed by atoms with E-state index in [9.17, 15) is 9.36 Å². The predicted molar refractivity (Wildman–Crippen MR) is 138 cm³/mol. The van der Waals surface area contributed by atoms with E-state index in [1.807, 2.05) is 74.5 Å². The summed E-state index contributed by atoms with van der Waals surface area (Å²) in [4.78, 5) is 12.8. The van der Waals surface area contributed by atoms with E-state index in [0.29, 0.717) is 23.8 Å². The highest BCUT2D eigenvalue weighted by Gasteiger charge is 2.30. The number of carbonyl (C=O) groups excluding carboxylic acids is 1. The van der Waals surface area contributed by atoms with Crippen LogP contribution in [0, 0.1) is 13.8 Å². The second-order valence-corrected chi connectivity index (χ2v) is 12.3. The number of benzene rings is 3. The zero-order chi connectivity index (χ0) is 24.1. The van der Waals surface area contributed by atoms with E-state index in [2.05, 4.69) is 38.2 Å². The van der Waals surface area contributed by atoms with Gasteiger partial charge in [0.15, 0.2) is 7.14 Å². The van der Waals surface area contributed by atoms with Crippen LogP contribution in [0.4, 0.5) is 0 Å². The highest BCUT2D eigenvalue weighted by Crippen LogP contribution is 2.42. The zero-order valence-corrected chi connectivity index (χ0v) is 21.1. The maximum Gasteiger partial charge on any atom is 0.228 e. The van der Waals surface area contributed by atoms with Crippen LogP contribution in [0.15, 0.2) is 72.8 Å². The summed E-state index contributed by atoms with van der Waals surface area (Å²) < 4.78 is 20.0. The fourth-order valence-electron chi connectivity index (χ4n) is 3.88. The number of hydrogen-bond acceptors (Lipinski definition) is 3. The lowest BCUT2D eigenvalue weighted by molar-refractivity contribution is -0.118. The first-order chi connectivity index (χ1) is 15.6. The fraction of sp³-hybridized carbons (Fsp3) is 0.321. The number of amides is 1. The standard InChI is InChI=1S/C28H34NO3P/c1-21-18-23(28(3,4)5)19-22(2)27(21)32-17-16-29-26(30)20-33(31,24-12-8-6-9-13-24)25-14-10-7-11-15-25/h6-15,18-19H,16-17,20H2,1-5H3,(H,29,30). The molecule has 1 amide bonds. The molecule has 0 heterocycles. The van der Waals surface area contributed by atoms with Gasteiger partial charge >= 0.3 is 0 Å². The third-order valence-electron chi connectivity index (χ3n) is 5.71. The van der Waals surface area contributed by atoms with Gasteiger partial charge in [-0.3, -0.25) is 4.79 Å². The van der Waals surface area contributed by atoms with Gasteiger partial charge < -0.3 is 14.6 Å². The molecule has 1 N–H and O–H groups in total. The molecule has 0 aliphatic heterocycles. The average Bonchev–Trinajstić information content (AvgIpc) is 2.78. The number of hydrogen-bond donors (Lipinski definition) is 1. The van der Waals surface area contributed by atoms with Crippen LogP contribution in [0.2, 0.25) is 0 Å². The van der Waals surface area contributed by atoms with Crippen molar-refractivity contribution in [2.45, 2.75) is 40.0 Å². The van der Waals surface area contributed by atoms with Crippen LogP contribution in [0.1, 0.15) is 37.5 Å². The van der Waals surface area contributed by atoms with Crippen LogP contribution in [-0.4, -0.2) is 25.2 Å². The molecule has 0 unspecified atom stereocenters. The highest BCUT2D eigenvalue weighted by atomic mass is 31.2. The van der Waals surface area contributed by atoms with Gasteiger partial charge in [-0.25, -0.2) is 0 Å². The molecule has 0 atom stereocenters. The van der Waals surface area contributed by atoms with Crippen LogP contribution >= 0.6 is 7.14 Å². The Balaban J connectivity index is 1.64. The van der Waals surface area contributed by atoms with Crippen molar-refractivity contribution in [1.82, 2.24) is 5.32 Å². The largest absolute Gasteiger partial charge is 0.491 e. The Kier molecular flexibility index (Phi) is 7.81. The highest BCUT2D eigenvalue weighted by molar-refractivity contribution is 7.79. The summed E-state index contributed by atoms with van der Waals surface area (Å²) in [6, 6.07) is 22.8. The monoisotopic (exact) mass is 463 g/mol. The zero-order valence-electron chi connectivity index (χ0n) is 20.2. The maximum atomic E-state index is 14.0. The van der Waals surface area contributed by atoms with E-state index in [-0.39, 0.29) is 17.5 Å². The lowest BCUT2D eigenvalue weighted by Gasteiger charge is -2.22. The Bertz CT molecular complexity index is 1070. The van der Waals surface area contributed by atoms with Crippen LogP contribution in [-0.2, 0) is 14.8 Å². The third kappa shape index (κ3) is 6.15. The summed E-state index contributed by atoms with van der Waals surface area (Å²) in [5.74, 6) is 0.614. The lowest BCUT2D eigenvalue weighted by Crippen LogP contribution is -2.33. The molecule has 0 radical (unpaired) electrons. The van der Waals surface area contributed by atoms with Gasteiger partial charge in [-0.2, -0.15) is 0 Å². The number of carbonyl (C=O) groups is 1. The van der Waals surface area contributed by atoms with Gasteiger partial charge in [0.1, 0.15) is 12.4 Å². The molecule has 5 heteroatoms. The minimum Gasteiger partial charge on any atom is -0.491 e. The fourth-order valence-corrected chi connectivity index (χ4v) is 6.37. The molecule has 0 fully saturated rings. The topological polar surface area (TPSA) is 55.4 Å². The summed E-state index contributed by atoms with van der Waals surface area (Å²) in [5, 5.41) is 4.26. The van der Waals surface area contributed by atoms with E-state index in [4.69, 9.17) is 4.74 Å². The molecule has 33 heavy (non-hydrogen) atoms. The Morgan fingerprint density at radius 3 is 1.82 bits per heavy atom. The van der Waals surface area contributed by atoms with E-state index < -0.39 is 7.14 Å². The van der Waals surface area contributed by atoms with Gasteiger partial charge in [-0.05, 0) is 36.0 Å². The molecule has 3 rings (SSSR count). The van der Waals surface area contributed by atoms with Crippen LogP contribution in [0.5, 0.6) is 5.75 Å². The van der Waals surface area contributed by atoms with E-state index in [1.165, 1.54) is 5.56 Å². The van der Waals surface area contributed by atoms with Gasteiger partial charge in [0.2, 0.25) is 5.91 Å². The molecule has 0 aliphatic carbocycles. The Hall–Kier alpha value is -2.84. The van der Waals surface area contributed by atoms with Gasteiger partial charge in [0.25, 0.3) is 0 Å². The molecule has 0 aliphatic rings. The quantitative estimate of drug-likeness (QED) is 0.373. The molecule has 3 aromatic carbocycles. The van der Waals surface area contributed by atoms with E-state index >= 15 is 0 Å². The van der Waals surface area contributed by atoms with Crippen molar-refractivity contribution < 1.29 is 14.1 Å². The molecule has 4 nitrogen and oxygen atoms in total. The Morgan fingerprint density at radius 1 is 0.879 bits per heavy atom. The van der Waals surface area contributed by atoms with Crippen molar-refractivity contribution in [2.24, 2.45) is 0 Å². The number of rotatable bonds is 8. The third-order valence-corrected chi connectivity index (χ3v) is 8.71. The summed E-state index contributed by atoms with van der Waals surface area (Å²) >= 11 is 0. The van der Waals surface area contributed by atoms with Crippen molar-refractivity contribution in [3.8, 4) is 5.75 Å². The van der Waals surface area contributed by atoms with Crippen molar-refractivity contribution in [1.29, 1.82) is 0 Å². The van der Waals surface area contributed by atoms with Crippen LogP contribution < -0.4 is 20.7 Å². The summed E-state index contributed by atoms with van der Waals surface area (Å²) in [5.41, 5.74) is 3.52. The molecule has 0 saturated carbocycles. The average molecular weight is 464 g/mol. The number of ether oxygens (including phenoxy) is 1. The molecule has 0 aromatic heterocycles. The van der Waals surface area contributed by atoms with Crippen molar-refractivity contribution in [3.05, 3.63) is 89.5 Å². The van der Waals surface area contributed by atoms with Gasteiger partial charge in [0, 0.05) is 10.6 Å². The molecular formula is C28H34NO3P. The first-order valence-electron chi connectivity index (χ1n) is 11.3. The van der Waals surface area contributed by atoms with Crippen molar-refractivity contribution in [3.63, 3.8) is 0 Å². The SMILES string of the molecule is Cc1cc(C(C)(C)C)cc(C)c1OCCNC(=O)CP(=O)(c1ccccc1)c1ccccc1. The molecule has 0 saturated heterocycles. The minimum atomic E-state index is -3.08. The summed E-state index contributed by atoms with van der Waals surface area (Å²) in [6.07, 6.45) is -0.0701. The maximum absolute atomic E-state index is 14.0. The second-order valence-electron chi connectivity index (χ2n) is 9.46. The molecule has 0 spiro atoms. The summed E-state index contributed by atoms with van der Waals surface area (Å²) in [7, 11) is -3.08. The molecule has 3 aromatic rings. The first kappa shape index (κ1) is 24.8. The number of nitrogens with one attached hydrogen (secondary N) is 1. The van der Waals surface area contributed by atoms with Crippen molar-refractivity contribution in [2.75, 3.05) is 19.3 Å². The predicted octanol–water partition coefficient (Wildman–Crippen LogP) is 5.11. The molecule has 0 bridgehead atoms. The van der Waals surface area contributed by atoms with Crippen LogP contribution in [0.25, 0.3) is 0 Å². The smallest absolute Gasteiger partial charge is 0.228 e. The molecular weight excluding hydrogens is 429 g/mol. The normalized spacial score (nSPS) is 11.8. The number of aryl methyl sites for hydroxylation is 2. The molecule has 174 valence electrons. The Labute approximate surface area is 197 Å². The van der Waals surface area contributed by atoms with Gasteiger partial charge in [0.05, 0.1) is 12.7 Å². The Morgan fingerprint density at radius 2 is 1.36 bits per heavy atom. The minimum absolute atomic E-state index is 0.0701. The lowest BCUT2D eigenvalue weighted by atomic mass is 9.85. The first-order valence-corrected chi connectivity index (χ1v) is 13.2. The van der Waals surface area contributed by atoms with E-state index in [1.54, 1.807) is 0 Å². The van der Waals surface area contributed by atoms with Gasteiger partial charge in [-0.15, -0.1) is 0 Å². The van der Waals surface area contributed by atoms with E-state index in [0.717, 1.165) is 16.9 Å².